The van der Waals surface area contributed by atoms with Crippen LogP contribution in [0.5, 0.6) is 0 Å². The van der Waals surface area contributed by atoms with Crippen molar-refractivity contribution in [2.24, 2.45) is 11.5 Å². The highest BCUT2D eigenvalue weighted by Gasteiger charge is 2.27. The zero-order valence-electron chi connectivity index (χ0n) is 8.07. The number of hydrogen-bond donors (Lipinski definition) is 2. The summed E-state index contributed by atoms with van der Waals surface area (Å²) in [5.74, 6) is -1.24. The number of amides is 2. The predicted molar refractivity (Wildman–Crippen MR) is 56.6 cm³/mol. The van der Waals surface area contributed by atoms with Crippen LogP contribution >= 0.6 is 11.8 Å². The molecular formula is C9H16N2O2S. The molecule has 4 N–H and O–H groups in total. The Morgan fingerprint density at radius 3 is 2.00 bits per heavy atom. The number of hydrogen-bond acceptors (Lipinski definition) is 3. The van der Waals surface area contributed by atoms with Crippen LogP contribution in [0.25, 0.3) is 0 Å². The monoisotopic (exact) mass is 216 g/mol. The zero-order chi connectivity index (χ0) is 10.6. The summed E-state index contributed by atoms with van der Waals surface area (Å²) in [5.41, 5.74) is 10.2. The van der Waals surface area contributed by atoms with E-state index in [4.69, 9.17) is 11.5 Å². The average Bonchev–Trinajstić information content (AvgIpc) is 2.15. The van der Waals surface area contributed by atoms with Gasteiger partial charge in [-0.3, -0.25) is 9.59 Å². The number of thioether (sulfide) groups is 1. The zero-order valence-corrected chi connectivity index (χ0v) is 8.89. The van der Waals surface area contributed by atoms with Crippen LogP contribution in [0.4, 0.5) is 0 Å². The summed E-state index contributed by atoms with van der Waals surface area (Å²) >= 11 is 1.33. The van der Waals surface area contributed by atoms with E-state index in [2.05, 4.69) is 0 Å². The molecule has 0 aromatic heterocycles. The predicted octanol–water partition coefficient (Wildman–Crippen LogP) is 0.391. The second kappa shape index (κ2) is 5.24. The molecule has 0 aromatic carbocycles. The van der Waals surface area contributed by atoms with E-state index < -0.39 is 17.1 Å². The summed E-state index contributed by atoms with van der Waals surface area (Å²) in [4.78, 5) is 21.8. The van der Waals surface area contributed by atoms with Crippen LogP contribution in [0.15, 0.2) is 0 Å². The molecule has 1 aliphatic carbocycles. The van der Waals surface area contributed by atoms with Gasteiger partial charge in [0.15, 0.2) is 5.25 Å². The molecule has 80 valence electrons. The first kappa shape index (κ1) is 11.4. The van der Waals surface area contributed by atoms with Gasteiger partial charge in [0, 0.05) is 5.25 Å². The number of carbonyl (C=O) groups excluding carboxylic acids is 2. The number of primary amides is 2. The van der Waals surface area contributed by atoms with Crippen molar-refractivity contribution in [1.29, 1.82) is 0 Å². The Kier molecular flexibility index (Phi) is 4.25. The van der Waals surface area contributed by atoms with Crippen molar-refractivity contribution in [2.75, 3.05) is 0 Å². The van der Waals surface area contributed by atoms with E-state index >= 15 is 0 Å². The Morgan fingerprint density at radius 1 is 1.07 bits per heavy atom. The van der Waals surface area contributed by atoms with E-state index in [0.29, 0.717) is 5.25 Å². The van der Waals surface area contributed by atoms with Crippen molar-refractivity contribution in [3.63, 3.8) is 0 Å². The topological polar surface area (TPSA) is 86.2 Å². The van der Waals surface area contributed by atoms with Crippen LogP contribution in [0.1, 0.15) is 32.1 Å². The summed E-state index contributed by atoms with van der Waals surface area (Å²) in [7, 11) is 0. The molecule has 0 aromatic rings. The lowest BCUT2D eigenvalue weighted by molar-refractivity contribution is -0.125. The lowest BCUT2D eigenvalue weighted by atomic mass is 10.0. The minimum absolute atomic E-state index is 0.369. The van der Waals surface area contributed by atoms with Gasteiger partial charge in [0.1, 0.15) is 0 Å². The van der Waals surface area contributed by atoms with E-state index in [1.807, 2.05) is 0 Å². The first-order valence-electron chi connectivity index (χ1n) is 4.85. The fourth-order valence-corrected chi connectivity index (χ4v) is 2.93. The fraction of sp³-hybridized carbons (Fsp3) is 0.778. The van der Waals surface area contributed by atoms with Crippen LogP contribution < -0.4 is 11.5 Å². The smallest absolute Gasteiger partial charge is 0.240 e. The lowest BCUT2D eigenvalue weighted by Crippen LogP contribution is -2.39. The van der Waals surface area contributed by atoms with Gasteiger partial charge in [-0.25, -0.2) is 0 Å². The molecule has 0 unspecified atom stereocenters. The maximum absolute atomic E-state index is 10.9. The summed E-state index contributed by atoms with van der Waals surface area (Å²) in [6.07, 6.45) is 5.70. The summed E-state index contributed by atoms with van der Waals surface area (Å²) in [6, 6.07) is 0. The van der Waals surface area contributed by atoms with Crippen molar-refractivity contribution in [3.05, 3.63) is 0 Å². The quantitative estimate of drug-likeness (QED) is 0.666. The third kappa shape index (κ3) is 3.21. The molecule has 0 spiro atoms. The van der Waals surface area contributed by atoms with Crippen molar-refractivity contribution in [3.8, 4) is 0 Å². The SMILES string of the molecule is NC(=O)C(SC1CCCCC1)C(N)=O. The Bertz CT molecular complexity index is 213. The molecule has 0 heterocycles. The van der Waals surface area contributed by atoms with Crippen molar-refractivity contribution in [1.82, 2.24) is 0 Å². The van der Waals surface area contributed by atoms with Crippen LogP contribution in [0, 0.1) is 0 Å². The highest BCUT2D eigenvalue weighted by molar-refractivity contribution is 8.01. The highest BCUT2D eigenvalue weighted by atomic mass is 32.2. The largest absolute Gasteiger partial charge is 0.368 e. The first-order valence-corrected chi connectivity index (χ1v) is 5.79. The molecule has 0 radical (unpaired) electrons. The molecule has 1 fully saturated rings. The van der Waals surface area contributed by atoms with Gasteiger partial charge in [-0.2, -0.15) is 0 Å². The molecule has 1 saturated carbocycles. The number of carbonyl (C=O) groups is 2. The van der Waals surface area contributed by atoms with Gasteiger partial charge in [0.05, 0.1) is 0 Å². The van der Waals surface area contributed by atoms with E-state index in [1.165, 1.54) is 31.0 Å². The Morgan fingerprint density at radius 2 is 1.57 bits per heavy atom. The third-order valence-corrected chi connectivity index (χ3v) is 3.99. The number of rotatable bonds is 4. The Labute approximate surface area is 87.8 Å². The molecular weight excluding hydrogens is 200 g/mol. The lowest BCUT2D eigenvalue weighted by Gasteiger charge is -2.23. The number of nitrogens with two attached hydrogens (primary N) is 2. The summed E-state index contributed by atoms with van der Waals surface area (Å²) < 4.78 is 0. The normalized spacial score (nSPS) is 18.4. The molecule has 1 rings (SSSR count). The minimum atomic E-state index is -0.849. The summed E-state index contributed by atoms with van der Waals surface area (Å²) in [6.45, 7) is 0. The van der Waals surface area contributed by atoms with E-state index in [0.717, 1.165) is 12.8 Å². The van der Waals surface area contributed by atoms with E-state index in [9.17, 15) is 9.59 Å². The van der Waals surface area contributed by atoms with E-state index in [1.54, 1.807) is 0 Å². The van der Waals surface area contributed by atoms with Crippen LogP contribution in [0.3, 0.4) is 0 Å². The third-order valence-electron chi connectivity index (χ3n) is 2.40. The second-order valence-electron chi connectivity index (χ2n) is 3.58. The van der Waals surface area contributed by atoms with Crippen LogP contribution in [-0.2, 0) is 9.59 Å². The molecule has 0 aliphatic heterocycles. The first-order chi connectivity index (χ1) is 6.61. The molecule has 1 aliphatic rings. The van der Waals surface area contributed by atoms with Gasteiger partial charge in [-0.15, -0.1) is 11.8 Å². The maximum Gasteiger partial charge on any atom is 0.240 e. The molecule has 5 heteroatoms. The molecule has 2 amide bonds. The van der Waals surface area contributed by atoms with Crippen molar-refractivity contribution in [2.45, 2.75) is 42.6 Å². The van der Waals surface area contributed by atoms with Gasteiger partial charge < -0.3 is 11.5 Å². The maximum atomic E-state index is 10.9. The standard InChI is InChI=1S/C9H16N2O2S/c10-8(12)7(9(11)13)14-6-4-2-1-3-5-6/h6-7H,1-5H2,(H2,10,12)(H2,11,13). The highest BCUT2D eigenvalue weighted by Crippen LogP contribution is 2.30. The Hall–Kier alpha value is -0.710. The minimum Gasteiger partial charge on any atom is -0.368 e. The second-order valence-corrected chi connectivity index (χ2v) is 4.99. The van der Waals surface area contributed by atoms with Crippen molar-refractivity contribution < 1.29 is 9.59 Å². The van der Waals surface area contributed by atoms with Crippen LogP contribution in [0.2, 0.25) is 0 Å². The van der Waals surface area contributed by atoms with Gasteiger partial charge in [-0.1, -0.05) is 19.3 Å². The van der Waals surface area contributed by atoms with Crippen LogP contribution in [-0.4, -0.2) is 22.3 Å². The molecule has 14 heavy (non-hydrogen) atoms. The van der Waals surface area contributed by atoms with Gasteiger partial charge in [0.2, 0.25) is 11.8 Å². The van der Waals surface area contributed by atoms with Gasteiger partial charge >= 0.3 is 0 Å². The molecule has 0 bridgehead atoms. The van der Waals surface area contributed by atoms with E-state index in [-0.39, 0.29) is 0 Å². The molecule has 0 atom stereocenters. The Balaban J connectivity index is 2.45. The fourth-order valence-electron chi connectivity index (χ4n) is 1.67. The van der Waals surface area contributed by atoms with Gasteiger partial charge in [0.25, 0.3) is 0 Å². The molecule has 4 nitrogen and oxygen atoms in total. The van der Waals surface area contributed by atoms with Crippen molar-refractivity contribution >= 4 is 23.6 Å². The summed E-state index contributed by atoms with van der Waals surface area (Å²) in [5, 5.41) is -0.480. The average molecular weight is 216 g/mol. The van der Waals surface area contributed by atoms with Gasteiger partial charge in [-0.05, 0) is 12.8 Å². The molecule has 0 saturated heterocycles.